The summed E-state index contributed by atoms with van der Waals surface area (Å²) in [6.45, 7) is 1.83. The minimum atomic E-state index is -1.82. The van der Waals surface area contributed by atoms with E-state index in [9.17, 15) is 14.7 Å². The predicted octanol–water partition coefficient (Wildman–Crippen LogP) is 3.19. The number of rotatable bonds is 8. The van der Waals surface area contributed by atoms with Crippen LogP contribution in [0, 0.1) is 0 Å². The number of hydrogen-bond donors (Lipinski definition) is 1. The molecule has 1 N–H and O–H groups in total. The lowest BCUT2D eigenvalue weighted by atomic mass is 9.88. The van der Waals surface area contributed by atoms with Gasteiger partial charge in [0.2, 0.25) is 0 Å². The maximum Gasteiger partial charge on any atom is 0.338 e. The van der Waals surface area contributed by atoms with Crippen LogP contribution in [0.2, 0.25) is 0 Å². The van der Waals surface area contributed by atoms with Crippen LogP contribution in [0.1, 0.15) is 35.7 Å². The molecule has 0 spiro atoms. The molecule has 1 atom stereocenters. The number of carbonyl (C=O) groups is 2. The van der Waals surface area contributed by atoms with Crippen molar-refractivity contribution in [3.05, 3.63) is 71.8 Å². The number of aryl methyl sites for hydroxylation is 1. The van der Waals surface area contributed by atoms with Crippen LogP contribution in [0.4, 0.5) is 0 Å². The van der Waals surface area contributed by atoms with E-state index in [2.05, 4.69) is 0 Å². The smallest absolute Gasteiger partial charge is 0.338 e. The first-order valence-corrected chi connectivity index (χ1v) is 8.07. The van der Waals surface area contributed by atoms with E-state index in [1.54, 1.807) is 31.2 Å². The van der Waals surface area contributed by atoms with E-state index in [-0.39, 0.29) is 25.2 Å². The summed E-state index contributed by atoms with van der Waals surface area (Å²) in [5.41, 5.74) is -0.356. The van der Waals surface area contributed by atoms with Crippen LogP contribution < -0.4 is 0 Å². The van der Waals surface area contributed by atoms with Crippen molar-refractivity contribution in [2.24, 2.45) is 0 Å². The molecule has 0 aromatic heterocycles. The number of Topliss-reactive ketones (excluding diaryl/α,β-unsaturated/α-hetero) is 1. The van der Waals surface area contributed by atoms with Gasteiger partial charge in [0, 0.05) is 5.56 Å². The van der Waals surface area contributed by atoms with E-state index in [4.69, 9.17) is 4.74 Å². The lowest BCUT2D eigenvalue weighted by molar-refractivity contribution is -0.165. The zero-order valence-corrected chi connectivity index (χ0v) is 13.8. The largest absolute Gasteiger partial charge is 0.464 e. The highest BCUT2D eigenvalue weighted by atomic mass is 16.5. The lowest BCUT2D eigenvalue weighted by Crippen LogP contribution is -2.42. The van der Waals surface area contributed by atoms with Gasteiger partial charge in [0.1, 0.15) is 0 Å². The minimum Gasteiger partial charge on any atom is -0.464 e. The first-order valence-electron chi connectivity index (χ1n) is 8.07. The van der Waals surface area contributed by atoms with Gasteiger partial charge in [0.15, 0.2) is 11.4 Å². The molecule has 0 aliphatic heterocycles. The summed E-state index contributed by atoms with van der Waals surface area (Å²) in [6.07, 6.45) is 0.329. The third kappa shape index (κ3) is 4.77. The Balaban J connectivity index is 2.13. The van der Waals surface area contributed by atoms with Crippen LogP contribution in [-0.4, -0.2) is 29.1 Å². The van der Waals surface area contributed by atoms with E-state index in [0.29, 0.717) is 12.0 Å². The maximum atomic E-state index is 12.4. The summed E-state index contributed by atoms with van der Waals surface area (Å²) in [4.78, 5) is 24.6. The van der Waals surface area contributed by atoms with Crippen molar-refractivity contribution >= 4 is 11.8 Å². The van der Waals surface area contributed by atoms with Gasteiger partial charge in [-0.1, -0.05) is 60.7 Å². The molecular weight excluding hydrogens is 304 g/mol. The number of esters is 1. The zero-order valence-electron chi connectivity index (χ0n) is 13.8. The van der Waals surface area contributed by atoms with Crippen LogP contribution in [0.25, 0.3) is 0 Å². The highest BCUT2D eigenvalue weighted by molar-refractivity contribution is 5.99. The number of ketones is 1. The van der Waals surface area contributed by atoms with E-state index in [0.717, 1.165) is 5.56 Å². The van der Waals surface area contributed by atoms with E-state index in [1.165, 1.54) is 0 Å². The van der Waals surface area contributed by atoms with Crippen molar-refractivity contribution in [1.29, 1.82) is 0 Å². The monoisotopic (exact) mass is 326 g/mol. The topological polar surface area (TPSA) is 63.6 Å². The fourth-order valence-corrected chi connectivity index (χ4v) is 2.52. The highest BCUT2D eigenvalue weighted by Gasteiger charge is 2.39. The molecule has 0 bridgehead atoms. The molecule has 0 heterocycles. The van der Waals surface area contributed by atoms with Crippen molar-refractivity contribution < 1.29 is 19.4 Å². The Morgan fingerprint density at radius 2 is 1.58 bits per heavy atom. The summed E-state index contributed by atoms with van der Waals surface area (Å²) in [7, 11) is 0. The van der Waals surface area contributed by atoms with Gasteiger partial charge in [-0.05, 0) is 25.3 Å². The molecule has 1 unspecified atom stereocenters. The molecule has 4 heteroatoms. The van der Waals surface area contributed by atoms with Gasteiger partial charge in [-0.3, -0.25) is 4.79 Å². The lowest BCUT2D eigenvalue weighted by Gasteiger charge is -2.25. The van der Waals surface area contributed by atoms with Crippen LogP contribution >= 0.6 is 0 Å². The molecule has 2 aromatic rings. The third-order valence-corrected chi connectivity index (χ3v) is 3.87. The average Bonchev–Trinajstić information content (AvgIpc) is 2.62. The molecule has 0 fully saturated rings. The zero-order chi connectivity index (χ0) is 17.4. The number of benzene rings is 2. The molecule has 0 saturated carbocycles. The third-order valence-electron chi connectivity index (χ3n) is 3.87. The van der Waals surface area contributed by atoms with Crippen molar-refractivity contribution in [1.82, 2.24) is 0 Å². The Kier molecular flexibility index (Phi) is 6.27. The van der Waals surface area contributed by atoms with Gasteiger partial charge < -0.3 is 9.84 Å². The van der Waals surface area contributed by atoms with Gasteiger partial charge >= 0.3 is 5.97 Å². The molecule has 126 valence electrons. The fourth-order valence-electron chi connectivity index (χ4n) is 2.52. The van der Waals surface area contributed by atoms with Crippen LogP contribution in [0.3, 0.4) is 0 Å². The van der Waals surface area contributed by atoms with Crippen LogP contribution in [-0.2, 0) is 16.0 Å². The summed E-state index contributed by atoms with van der Waals surface area (Å²) in [5, 5.41) is 10.8. The van der Waals surface area contributed by atoms with Crippen molar-refractivity contribution in [2.45, 2.75) is 31.8 Å². The molecule has 2 rings (SSSR count). The molecule has 0 aliphatic rings. The molecule has 24 heavy (non-hydrogen) atoms. The van der Waals surface area contributed by atoms with E-state index in [1.807, 2.05) is 36.4 Å². The SMILES string of the molecule is CCOC(=O)C(O)(CCc1ccccc1)CC(=O)c1ccccc1. The molecule has 4 nitrogen and oxygen atoms in total. The maximum absolute atomic E-state index is 12.4. The average molecular weight is 326 g/mol. The Morgan fingerprint density at radius 3 is 2.17 bits per heavy atom. The second-order valence-corrected chi connectivity index (χ2v) is 5.70. The number of hydrogen-bond acceptors (Lipinski definition) is 4. The first kappa shape index (κ1) is 17.9. The van der Waals surface area contributed by atoms with Crippen molar-refractivity contribution in [3.63, 3.8) is 0 Å². The van der Waals surface area contributed by atoms with Crippen LogP contribution in [0.15, 0.2) is 60.7 Å². The molecule has 0 amide bonds. The van der Waals surface area contributed by atoms with Crippen molar-refractivity contribution in [3.8, 4) is 0 Å². The van der Waals surface area contributed by atoms with Gasteiger partial charge in [-0.15, -0.1) is 0 Å². The molecule has 2 aromatic carbocycles. The molecule has 0 radical (unpaired) electrons. The standard InChI is InChI=1S/C20H22O4/c1-2-24-19(22)20(23,14-13-16-9-5-3-6-10-16)15-18(21)17-11-7-4-8-12-17/h3-12,23H,2,13-15H2,1H3. The van der Waals surface area contributed by atoms with Gasteiger partial charge in [0.25, 0.3) is 0 Å². The highest BCUT2D eigenvalue weighted by Crippen LogP contribution is 2.23. The summed E-state index contributed by atoms with van der Waals surface area (Å²) in [5.74, 6) is -1.02. The van der Waals surface area contributed by atoms with E-state index >= 15 is 0 Å². The second-order valence-electron chi connectivity index (χ2n) is 5.70. The van der Waals surface area contributed by atoms with Gasteiger partial charge in [-0.2, -0.15) is 0 Å². The summed E-state index contributed by atoms with van der Waals surface area (Å²) < 4.78 is 4.99. The normalized spacial score (nSPS) is 13.1. The molecule has 0 saturated heterocycles. The molecule has 0 aliphatic carbocycles. The Morgan fingerprint density at radius 1 is 1.00 bits per heavy atom. The number of carbonyl (C=O) groups excluding carboxylic acids is 2. The fraction of sp³-hybridized carbons (Fsp3) is 0.300. The van der Waals surface area contributed by atoms with Gasteiger partial charge in [0.05, 0.1) is 13.0 Å². The summed E-state index contributed by atoms with van der Waals surface area (Å²) >= 11 is 0. The number of aliphatic hydroxyl groups is 1. The second kappa shape index (κ2) is 8.41. The molecular formula is C20H22O4. The quantitative estimate of drug-likeness (QED) is 0.598. The minimum absolute atomic E-state index is 0.133. The van der Waals surface area contributed by atoms with Gasteiger partial charge in [-0.25, -0.2) is 4.79 Å². The first-order chi connectivity index (χ1) is 11.5. The van der Waals surface area contributed by atoms with E-state index < -0.39 is 11.6 Å². The van der Waals surface area contributed by atoms with Crippen molar-refractivity contribution in [2.75, 3.05) is 6.61 Å². The number of ether oxygens (including phenoxy) is 1. The Labute approximate surface area is 142 Å². The predicted molar refractivity (Wildman–Crippen MR) is 91.7 cm³/mol. The summed E-state index contributed by atoms with van der Waals surface area (Å²) in [6, 6.07) is 18.2. The Bertz CT molecular complexity index is 667. The van der Waals surface area contributed by atoms with Crippen LogP contribution in [0.5, 0.6) is 0 Å². The Hall–Kier alpha value is -2.46.